The van der Waals surface area contributed by atoms with Gasteiger partial charge in [-0.3, -0.25) is 24.6 Å². The first-order valence-corrected chi connectivity index (χ1v) is 11.1. The zero-order valence-electron chi connectivity index (χ0n) is 18.9. The van der Waals surface area contributed by atoms with E-state index in [1.165, 1.54) is 6.07 Å². The Kier molecular flexibility index (Phi) is 7.88. The van der Waals surface area contributed by atoms with Crippen LogP contribution in [0.2, 0.25) is 5.02 Å². The van der Waals surface area contributed by atoms with E-state index in [1.807, 2.05) is 41.8 Å². The van der Waals surface area contributed by atoms with E-state index in [0.717, 1.165) is 16.8 Å². The molecule has 2 amide bonds. The number of nitrogens with zero attached hydrogens (tertiary/aromatic N) is 3. The predicted molar refractivity (Wildman–Crippen MR) is 129 cm³/mol. The van der Waals surface area contributed by atoms with Crippen LogP contribution in [0, 0.1) is 24.0 Å². The minimum Gasteiger partial charge on any atom is -0.363 e. The van der Waals surface area contributed by atoms with Crippen LogP contribution >= 0.6 is 11.6 Å². The molecule has 0 unspecified atom stereocenters. The lowest BCUT2D eigenvalue weighted by molar-refractivity contribution is -0.384. The molecule has 10 heteroatoms. The van der Waals surface area contributed by atoms with Gasteiger partial charge in [0.25, 0.3) is 5.69 Å². The Labute approximate surface area is 197 Å². The Hall–Kier alpha value is -3.17. The van der Waals surface area contributed by atoms with Crippen LogP contribution < -0.4 is 15.5 Å². The molecule has 1 heterocycles. The molecule has 33 heavy (non-hydrogen) atoms. The fraction of sp³-hybridized carbons (Fsp3) is 0.391. The maximum Gasteiger partial charge on any atom is 0.294 e. The summed E-state index contributed by atoms with van der Waals surface area (Å²) in [7, 11) is 0. The molecule has 9 nitrogen and oxygen atoms in total. The number of hydrogen-bond donors (Lipinski definition) is 2. The highest BCUT2D eigenvalue weighted by atomic mass is 35.5. The molecule has 0 bridgehead atoms. The first-order chi connectivity index (χ1) is 15.7. The Balaban J connectivity index is 1.51. The summed E-state index contributed by atoms with van der Waals surface area (Å²) in [4.78, 5) is 39.8. The number of anilines is 2. The normalized spacial score (nSPS) is 15.1. The van der Waals surface area contributed by atoms with Gasteiger partial charge in [-0.2, -0.15) is 0 Å². The van der Waals surface area contributed by atoms with E-state index in [4.69, 9.17) is 11.6 Å². The summed E-state index contributed by atoms with van der Waals surface area (Å²) < 4.78 is 0. The quantitative estimate of drug-likeness (QED) is 0.472. The molecule has 176 valence electrons. The predicted octanol–water partition coefficient (Wildman–Crippen LogP) is 3.13. The highest BCUT2D eigenvalue weighted by Gasteiger charge is 2.28. The van der Waals surface area contributed by atoms with Crippen molar-refractivity contribution >= 4 is 40.5 Å². The number of amides is 2. The van der Waals surface area contributed by atoms with Crippen molar-refractivity contribution in [1.82, 2.24) is 10.2 Å². The van der Waals surface area contributed by atoms with Gasteiger partial charge >= 0.3 is 0 Å². The average molecular weight is 474 g/mol. The van der Waals surface area contributed by atoms with Crippen LogP contribution in [0.4, 0.5) is 17.1 Å². The molecule has 2 aromatic carbocycles. The van der Waals surface area contributed by atoms with Gasteiger partial charge in [0.2, 0.25) is 11.8 Å². The van der Waals surface area contributed by atoms with Crippen LogP contribution in [-0.4, -0.2) is 60.4 Å². The SMILES string of the molecule is Cc1cccc(C)c1NC(=O)CNC(=O)[C@@H](C)N1CCN(c2ccc(Cl)cc2[N+](=O)[O-])CC1. The third-order valence-corrected chi connectivity index (χ3v) is 6.12. The Morgan fingerprint density at radius 2 is 1.76 bits per heavy atom. The summed E-state index contributed by atoms with van der Waals surface area (Å²) in [5.74, 6) is -0.523. The van der Waals surface area contributed by atoms with Crippen LogP contribution in [0.3, 0.4) is 0 Å². The lowest BCUT2D eigenvalue weighted by Crippen LogP contribution is -2.54. The van der Waals surface area contributed by atoms with E-state index < -0.39 is 11.0 Å². The minimum atomic E-state index is -0.437. The number of para-hydroxylation sites is 1. The molecule has 0 aliphatic carbocycles. The van der Waals surface area contributed by atoms with Gasteiger partial charge in [0.05, 0.1) is 17.5 Å². The number of nitro benzene ring substituents is 1. The second-order valence-corrected chi connectivity index (χ2v) is 8.56. The van der Waals surface area contributed by atoms with E-state index in [-0.39, 0.29) is 24.0 Å². The molecule has 1 atom stereocenters. The molecular weight excluding hydrogens is 446 g/mol. The number of aryl methyl sites for hydroxylation is 2. The van der Waals surface area contributed by atoms with Gasteiger partial charge in [-0.05, 0) is 44.0 Å². The number of carbonyl (C=O) groups excluding carboxylic acids is 2. The van der Waals surface area contributed by atoms with Crippen molar-refractivity contribution in [3.05, 3.63) is 62.7 Å². The molecule has 2 N–H and O–H groups in total. The monoisotopic (exact) mass is 473 g/mol. The highest BCUT2D eigenvalue weighted by molar-refractivity contribution is 6.30. The highest BCUT2D eigenvalue weighted by Crippen LogP contribution is 2.31. The van der Waals surface area contributed by atoms with E-state index >= 15 is 0 Å². The first-order valence-electron chi connectivity index (χ1n) is 10.7. The second kappa shape index (κ2) is 10.6. The molecule has 0 aromatic heterocycles. The summed E-state index contributed by atoms with van der Waals surface area (Å²) in [5.41, 5.74) is 3.17. The number of halogens is 1. The summed E-state index contributed by atoms with van der Waals surface area (Å²) in [6, 6.07) is 9.97. The summed E-state index contributed by atoms with van der Waals surface area (Å²) in [6.07, 6.45) is 0. The van der Waals surface area contributed by atoms with Crippen LogP contribution in [-0.2, 0) is 9.59 Å². The molecule has 1 saturated heterocycles. The van der Waals surface area contributed by atoms with Crippen LogP contribution in [0.15, 0.2) is 36.4 Å². The van der Waals surface area contributed by atoms with E-state index in [2.05, 4.69) is 10.6 Å². The molecule has 0 saturated carbocycles. The molecule has 1 aliphatic heterocycles. The molecule has 1 aliphatic rings. The van der Waals surface area contributed by atoms with Gasteiger partial charge in [0, 0.05) is 43.0 Å². The third-order valence-electron chi connectivity index (χ3n) is 5.88. The zero-order chi connectivity index (χ0) is 24.1. The minimum absolute atomic E-state index is 0.0309. The van der Waals surface area contributed by atoms with Crippen LogP contribution in [0.25, 0.3) is 0 Å². The molecule has 2 aromatic rings. The Morgan fingerprint density at radius 3 is 2.36 bits per heavy atom. The van der Waals surface area contributed by atoms with Gasteiger partial charge < -0.3 is 15.5 Å². The van der Waals surface area contributed by atoms with Crippen LogP contribution in [0.1, 0.15) is 18.1 Å². The van der Waals surface area contributed by atoms with Crippen molar-refractivity contribution in [3.8, 4) is 0 Å². The van der Waals surface area contributed by atoms with E-state index in [1.54, 1.807) is 19.1 Å². The van der Waals surface area contributed by atoms with Crippen molar-refractivity contribution < 1.29 is 14.5 Å². The van der Waals surface area contributed by atoms with Gasteiger partial charge in [0.15, 0.2) is 0 Å². The van der Waals surface area contributed by atoms with Gasteiger partial charge in [-0.25, -0.2) is 0 Å². The number of carbonyl (C=O) groups is 2. The standard InChI is InChI=1S/C23H28ClN5O4/c1-15-5-4-6-16(2)22(15)26-21(30)14-25-23(31)17(3)27-9-11-28(12-10-27)19-8-7-18(24)13-20(19)29(32)33/h4-8,13,17H,9-12,14H2,1-3H3,(H,25,31)(H,26,30)/t17-/m1/s1. The molecule has 1 fully saturated rings. The van der Waals surface area contributed by atoms with Crippen LogP contribution in [0.5, 0.6) is 0 Å². The fourth-order valence-corrected chi connectivity index (χ4v) is 4.10. The molecule has 0 spiro atoms. The number of nitrogens with one attached hydrogen (secondary N) is 2. The fourth-order valence-electron chi connectivity index (χ4n) is 3.94. The smallest absolute Gasteiger partial charge is 0.294 e. The van der Waals surface area contributed by atoms with Crippen molar-refractivity contribution in [1.29, 1.82) is 0 Å². The van der Waals surface area contributed by atoms with Gasteiger partial charge in [0.1, 0.15) is 5.69 Å². The van der Waals surface area contributed by atoms with Gasteiger partial charge in [-0.1, -0.05) is 29.8 Å². The Morgan fingerprint density at radius 1 is 1.12 bits per heavy atom. The Bertz CT molecular complexity index is 1030. The summed E-state index contributed by atoms with van der Waals surface area (Å²) >= 11 is 5.91. The third kappa shape index (κ3) is 6.00. The van der Waals surface area contributed by atoms with Crippen molar-refractivity contribution in [2.45, 2.75) is 26.8 Å². The van der Waals surface area contributed by atoms with E-state index in [9.17, 15) is 19.7 Å². The molecule has 3 rings (SSSR count). The number of piperazine rings is 1. The number of rotatable bonds is 7. The molecule has 0 radical (unpaired) electrons. The number of nitro groups is 1. The lowest BCUT2D eigenvalue weighted by Gasteiger charge is -2.38. The lowest BCUT2D eigenvalue weighted by atomic mass is 10.1. The second-order valence-electron chi connectivity index (χ2n) is 8.12. The largest absolute Gasteiger partial charge is 0.363 e. The van der Waals surface area contributed by atoms with Gasteiger partial charge in [-0.15, -0.1) is 0 Å². The van der Waals surface area contributed by atoms with Crippen molar-refractivity contribution in [2.75, 3.05) is 42.9 Å². The van der Waals surface area contributed by atoms with Crippen molar-refractivity contribution in [2.24, 2.45) is 0 Å². The summed E-state index contributed by atoms with van der Waals surface area (Å²) in [5, 5.41) is 17.3. The maximum atomic E-state index is 12.6. The maximum absolute atomic E-state index is 12.6. The van der Waals surface area contributed by atoms with E-state index in [0.29, 0.717) is 36.9 Å². The number of hydrogen-bond acceptors (Lipinski definition) is 6. The number of benzene rings is 2. The molecular formula is C23H28ClN5O4. The first kappa shape index (κ1) is 24.5. The topological polar surface area (TPSA) is 108 Å². The zero-order valence-corrected chi connectivity index (χ0v) is 19.7. The van der Waals surface area contributed by atoms with Crippen molar-refractivity contribution in [3.63, 3.8) is 0 Å². The summed E-state index contributed by atoms with van der Waals surface area (Å²) in [6.45, 7) is 7.70. The average Bonchev–Trinajstić information content (AvgIpc) is 2.79.